The summed E-state index contributed by atoms with van der Waals surface area (Å²) in [6, 6.07) is 7.07. The number of imidazole rings is 1. The number of aliphatic hydroxyl groups is 1. The van der Waals surface area contributed by atoms with Crippen LogP contribution in [-0.4, -0.2) is 99.3 Å². The van der Waals surface area contributed by atoms with E-state index in [1.807, 2.05) is 6.92 Å². The molecular formula is C33H42F2N10O8. The van der Waals surface area contributed by atoms with E-state index < -0.39 is 35.6 Å². The van der Waals surface area contributed by atoms with Gasteiger partial charge in [-0.2, -0.15) is 4.39 Å². The fraction of sp³-hybridized carbons (Fsp3) is 0.303. The van der Waals surface area contributed by atoms with Crippen LogP contribution in [0.4, 0.5) is 20.3 Å². The zero-order valence-electron chi connectivity index (χ0n) is 28.8. The molecule has 2 heterocycles. The molecule has 286 valence electrons. The summed E-state index contributed by atoms with van der Waals surface area (Å²) in [5, 5.41) is 42.3. The predicted molar refractivity (Wildman–Crippen MR) is 190 cm³/mol. The molecule has 0 bridgehead atoms. The number of aryl methyl sites for hydroxylation is 1. The second kappa shape index (κ2) is 21.7. The molecule has 0 saturated heterocycles. The molecule has 2 amide bonds. The van der Waals surface area contributed by atoms with Crippen molar-refractivity contribution in [2.45, 2.75) is 38.3 Å². The van der Waals surface area contributed by atoms with Gasteiger partial charge in [-0.3, -0.25) is 29.0 Å². The number of ether oxygens (including phenoxy) is 1. The Labute approximate surface area is 302 Å². The van der Waals surface area contributed by atoms with E-state index in [9.17, 15) is 23.5 Å². The lowest BCUT2D eigenvalue weighted by Crippen LogP contribution is -2.46. The van der Waals surface area contributed by atoms with E-state index >= 15 is 0 Å². The normalized spacial score (nSPS) is 11.4. The Hall–Kier alpha value is -6.41. The fourth-order valence-corrected chi connectivity index (χ4v) is 4.82. The van der Waals surface area contributed by atoms with E-state index in [0.29, 0.717) is 59.8 Å². The summed E-state index contributed by atoms with van der Waals surface area (Å²) in [4.78, 5) is 50.6. The first-order valence-corrected chi connectivity index (χ1v) is 15.8. The lowest BCUT2D eigenvalue weighted by Gasteiger charge is -2.17. The van der Waals surface area contributed by atoms with E-state index in [1.165, 1.54) is 31.6 Å². The number of carbonyl (C=O) groups is 4. The first kappa shape index (κ1) is 42.8. The van der Waals surface area contributed by atoms with Crippen LogP contribution in [0.2, 0.25) is 0 Å². The summed E-state index contributed by atoms with van der Waals surface area (Å²) >= 11 is 0. The van der Waals surface area contributed by atoms with Crippen LogP contribution < -0.4 is 37.5 Å². The second-order valence-corrected chi connectivity index (χ2v) is 10.8. The number of fused-ring (bicyclic) bond motifs is 1. The average molecular weight is 745 g/mol. The van der Waals surface area contributed by atoms with Crippen molar-refractivity contribution in [1.29, 1.82) is 5.41 Å². The van der Waals surface area contributed by atoms with Crippen LogP contribution in [0, 0.1) is 17.0 Å². The highest BCUT2D eigenvalue weighted by atomic mass is 19.2. The Morgan fingerprint density at radius 3 is 2.38 bits per heavy atom. The monoisotopic (exact) mass is 744 g/mol. The first-order chi connectivity index (χ1) is 25.4. The Balaban J connectivity index is 0.00000151. The highest BCUT2D eigenvalue weighted by Crippen LogP contribution is 2.31. The zero-order chi connectivity index (χ0) is 39.5. The standard InChI is InChI=1S/C31H38F2N10O4.2CH2O2/c1-3-17-13-18(6-7-20(17)29(45)40-14-19(44)15-41-30(46)22(34)5-4-10-38-31(35)36)42-27-28-39-16-23(43(28)12-11-37-27)21-8-9-24(47-2)26(33)25(21)32;2*2-1-3/h6-9,11-13,16,19,22,44H,3-5,10,14-15,34H2,1-2H3,(H,37,42)(H,40,45)(H,41,46)(H4,35,36,38);2*1H,(H,2,3)/t19-,22-;;/m1../s1. The number of anilines is 2. The van der Waals surface area contributed by atoms with Gasteiger partial charge in [-0.05, 0) is 55.2 Å². The maximum Gasteiger partial charge on any atom is 0.290 e. The van der Waals surface area contributed by atoms with Gasteiger partial charge in [0, 0.05) is 48.8 Å². The molecule has 0 saturated carbocycles. The Kier molecular flexibility index (Phi) is 17.5. The van der Waals surface area contributed by atoms with Crippen LogP contribution in [0.5, 0.6) is 5.75 Å². The molecule has 0 fully saturated rings. The van der Waals surface area contributed by atoms with E-state index in [1.54, 1.807) is 28.8 Å². The average Bonchev–Trinajstić information content (AvgIpc) is 3.57. The lowest BCUT2D eigenvalue weighted by atomic mass is 10.0. The number of nitrogens with zero attached hydrogens (tertiary/aromatic N) is 3. The van der Waals surface area contributed by atoms with Gasteiger partial charge in [0.2, 0.25) is 11.7 Å². The first-order valence-electron chi connectivity index (χ1n) is 15.8. The number of rotatable bonds is 15. The molecule has 53 heavy (non-hydrogen) atoms. The molecule has 4 rings (SSSR count). The highest BCUT2D eigenvalue weighted by molar-refractivity contribution is 5.96. The zero-order valence-corrected chi connectivity index (χ0v) is 28.8. The van der Waals surface area contributed by atoms with Crippen molar-refractivity contribution < 1.29 is 48.0 Å². The third-order valence-electron chi connectivity index (χ3n) is 7.32. The van der Waals surface area contributed by atoms with Crippen LogP contribution >= 0.6 is 0 Å². The molecular weight excluding hydrogens is 702 g/mol. The number of guanidine groups is 1. The molecule has 0 unspecified atom stereocenters. The molecule has 4 aromatic rings. The van der Waals surface area contributed by atoms with Crippen molar-refractivity contribution in [2.24, 2.45) is 11.5 Å². The van der Waals surface area contributed by atoms with E-state index in [2.05, 4.69) is 31.2 Å². The molecule has 2 aromatic carbocycles. The van der Waals surface area contributed by atoms with Crippen LogP contribution in [0.15, 0.2) is 48.9 Å². The maximum atomic E-state index is 14.8. The van der Waals surface area contributed by atoms with Crippen molar-refractivity contribution in [3.63, 3.8) is 0 Å². The molecule has 0 radical (unpaired) electrons. The molecule has 12 N–H and O–H groups in total. The topological polar surface area (TPSA) is 292 Å². The molecule has 0 aliphatic rings. The summed E-state index contributed by atoms with van der Waals surface area (Å²) < 4.78 is 35.7. The molecule has 20 heteroatoms. The summed E-state index contributed by atoms with van der Waals surface area (Å²) in [6.07, 6.45) is 4.87. The Morgan fingerprint density at radius 1 is 1.06 bits per heavy atom. The summed E-state index contributed by atoms with van der Waals surface area (Å²) in [5.41, 5.74) is 13.5. The van der Waals surface area contributed by atoms with Gasteiger partial charge in [-0.25, -0.2) is 14.4 Å². The van der Waals surface area contributed by atoms with Crippen molar-refractivity contribution in [1.82, 2.24) is 30.3 Å². The van der Waals surface area contributed by atoms with Gasteiger partial charge in [0.05, 0.1) is 31.1 Å². The Morgan fingerprint density at radius 2 is 1.74 bits per heavy atom. The lowest BCUT2D eigenvalue weighted by molar-refractivity contribution is -0.123. The minimum Gasteiger partial charge on any atom is -0.494 e. The molecule has 2 aromatic heterocycles. The van der Waals surface area contributed by atoms with Gasteiger partial charge in [0.1, 0.15) is 0 Å². The van der Waals surface area contributed by atoms with Crippen molar-refractivity contribution in [3.05, 3.63) is 71.7 Å². The van der Waals surface area contributed by atoms with Crippen LogP contribution in [0.1, 0.15) is 35.7 Å². The third kappa shape index (κ3) is 12.4. The number of aliphatic hydroxyl groups excluding tert-OH is 1. The number of methoxy groups -OCH3 is 1. The van der Waals surface area contributed by atoms with Crippen molar-refractivity contribution in [3.8, 4) is 17.0 Å². The second-order valence-electron chi connectivity index (χ2n) is 10.8. The van der Waals surface area contributed by atoms with Crippen LogP contribution in [0.25, 0.3) is 16.9 Å². The number of carbonyl (C=O) groups excluding carboxylic acids is 2. The molecule has 0 spiro atoms. The quantitative estimate of drug-likeness (QED) is 0.0354. The van der Waals surface area contributed by atoms with Gasteiger partial charge in [0.15, 0.2) is 29.0 Å². The minimum atomic E-state index is -1.10. The number of hydrogen-bond donors (Lipinski definition) is 10. The van der Waals surface area contributed by atoms with Gasteiger partial charge < -0.3 is 52.8 Å². The van der Waals surface area contributed by atoms with Crippen molar-refractivity contribution >= 4 is 47.9 Å². The third-order valence-corrected chi connectivity index (χ3v) is 7.32. The summed E-state index contributed by atoms with van der Waals surface area (Å²) in [5.74, 6) is -3.02. The minimum absolute atomic E-state index is 0.00268. The number of benzene rings is 2. The fourth-order valence-electron chi connectivity index (χ4n) is 4.82. The molecule has 0 aliphatic heterocycles. The van der Waals surface area contributed by atoms with E-state index in [-0.39, 0.29) is 43.3 Å². The smallest absolute Gasteiger partial charge is 0.290 e. The number of nitrogens with one attached hydrogen (secondary N) is 5. The number of aromatic nitrogens is 3. The summed E-state index contributed by atoms with van der Waals surface area (Å²) in [6.45, 7) is 1.60. The van der Waals surface area contributed by atoms with Gasteiger partial charge >= 0.3 is 0 Å². The SMILES string of the molecule is CCc1cc(Nc2nccn3c(-c4ccc(OC)c(F)c4F)cnc23)ccc1C(=O)NC[C@@H](O)CNC(=O)[C@H](N)CCCNC(=N)N.O=CO.O=CO. The number of amides is 2. The van der Waals surface area contributed by atoms with E-state index in [4.69, 9.17) is 41.4 Å². The maximum absolute atomic E-state index is 14.8. The van der Waals surface area contributed by atoms with E-state index in [0.717, 1.165) is 0 Å². The van der Waals surface area contributed by atoms with Gasteiger partial charge in [0.25, 0.3) is 18.9 Å². The number of carboxylic acid groups (broad SMARTS) is 2. The van der Waals surface area contributed by atoms with Gasteiger partial charge in [-0.15, -0.1) is 0 Å². The Bertz CT molecular complexity index is 1850. The number of hydrogen-bond acceptors (Lipinski definition) is 11. The van der Waals surface area contributed by atoms with Gasteiger partial charge in [-0.1, -0.05) is 6.92 Å². The van der Waals surface area contributed by atoms with Crippen molar-refractivity contribution in [2.75, 3.05) is 32.1 Å². The predicted octanol–water partition coefficient (Wildman–Crippen LogP) is 1.19. The molecule has 18 nitrogen and oxygen atoms in total. The number of halogens is 2. The highest BCUT2D eigenvalue weighted by Gasteiger charge is 2.20. The molecule has 2 atom stereocenters. The largest absolute Gasteiger partial charge is 0.494 e. The van der Waals surface area contributed by atoms with Crippen LogP contribution in [-0.2, 0) is 20.8 Å². The molecule has 0 aliphatic carbocycles. The van der Waals surface area contributed by atoms with Crippen LogP contribution in [0.3, 0.4) is 0 Å². The number of nitrogens with two attached hydrogens (primary N) is 2. The summed E-state index contributed by atoms with van der Waals surface area (Å²) in [7, 11) is 1.26.